The van der Waals surface area contributed by atoms with Crippen molar-refractivity contribution in [1.82, 2.24) is 10.9 Å². The van der Waals surface area contributed by atoms with Crippen LogP contribution in [0.25, 0.3) is 0 Å². The number of hydrazine groups is 1. The molecule has 0 fully saturated rings. The maximum atomic E-state index is 13.5. The molecule has 0 saturated carbocycles. The van der Waals surface area contributed by atoms with Gasteiger partial charge in [-0.2, -0.15) is 0 Å². The van der Waals surface area contributed by atoms with E-state index in [2.05, 4.69) is 10.9 Å². The molecule has 6 nitrogen and oxygen atoms in total. The second-order valence-corrected chi connectivity index (χ2v) is 5.84. The molecule has 2 N–H and O–H groups in total. The van der Waals surface area contributed by atoms with Gasteiger partial charge < -0.3 is 9.47 Å². The number of ether oxygens (including phenoxy) is 2. The van der Waals surface area contributed by atoms with Crippen molar-refractivity contribution < 1.29 is 23.5 Å². The molecular formula is C19H21FN2O4. The van der Waals surface area contributed by atoms with Crippen LogP contribution in [-0.4, -0.2) is 24.5 Å². The molecule has 0 aliphatic rings. The number of benzene rings is 2. The molecule has 0 spiro atoms. The summed E-state index contributed by atoms with van der Waals surface area (Å²) in [6, 6.07) is 11.4. The first-order valence-electron chi connectivity index (χ1n) is 8.06. The molecular weight excluding hydrogens is 339 g/mol. The molecule has 138 valence electrons. The first-order valence-corrected chi connectivity index (χ1v) is 8.06. The fourth-order valence-electron chi connectivity index (χ4n) is 2.22. The third-order valence-electron chi connectivity index (χ3n) is 3.40. The van der Waals surface area contributed by atoms with Crippen LogP contribution < -0.4 is 20.3 Å². The van der Waals surface area contributed by atoms with Gasteiger partial charge in [-0.15, -0.1) is 0 Å². The van der Waals surface area contributed by atoms with E-state index in [4.69, 9.17) is 9.47 Å². The molecule has 0 aromatic heterocycles. The lowest BCUT2D eigenvalue weighted by Gasteiger charge is -2.15. The highest BCUT2D eigenvalue weighted by atomic mass is 19.1. The van der Waals surface area contributed by atoms with Gasteiger partial charge in [0.2, 0.25) is 0 Å². The monoisotopic (exact) mass is 360 g/mol. The number of rotatable bonds is 6. The minimum Gasteiger partial charge on any atom is -0.484 e. The maximum Gasteiger partial charge on any atom is 0.279 e. The van der Waals surface area contributed by atoms with Crippen LogP contribution in [0.5, 0.6) is 11.5 Å². The van der Waals surface area contributed by atoms with Crippen molar-refractivity contribution in [2.24, 2.45) is 0 Å². The Hall–Kier alpha value is -3.09. The summed E-state index contributed by atoms with van der Waals surface area (Å²) in [6.07, 6.45) is -0.993. The average Bonchev–Trinajstić information content (AvgIpc) is 2.59. The van der Waals surface area contributed by atoms with E-state index in [9.17, 15) is 14.0 Å². The van der Waals surface area contributed by atoms with Crippen molar-refractivity contribution >= 4 is 11.8 Å². The Labute approximate surface area is 151 Å². The molecule has 0 bridgehead atoms. The predicted octanol–water partition coefficient (Wildman–Crippen LogP) is 2.44. The Bertz CT molecular complexity index is 775. The molecule has 2 aromatic carbocycles. The zero-order valence-electron chi connectivity index (χ0n) is 14.8. The van der Waals surface area contributed by atoms with E-state index in [1.165, 1.54) is 25.1 Å². The van der Waals surface area contributed by atoms with Crippen LogP contribution in [0, 0.1) is 19.7 Å². The molecule has 2 rings (SSSR count). The normalized spacial score (nSPS) is 11.4. The first-order chi connectivity index (χ1) is 12.3. The summed E-state index contributed by atoms with van der Waals surface area (Å²) in [5, 5.41) is 0. The van der Waals surface area contributed by atoms with Gasteiger partial charge in [0.1, 0.15) is 5.75 Å². The Morgan fingerprint density at radius 2 is 1.73 bits per heavy atom. The van der Waals surface area contributed by atoms with Gasteiger partial charge in [0.25, 0.3) is 11.8 Å². The Kier molecular flexibility index (Phi) is 6.54. The number of amides is 2. The van der Waals surface area contributed by atoms with Crippen LogP contribution in [0.4, 0.5) is 4.39 Å². The van der Waals surface area contributed by atoms with Crippen molar-refractivity contribution in [2.75, 3.05) is 6.61 Å². The van der Waals surface area contributed by atoms with Crippen molar-refractivity contribution in [3.05, 3.63) is 59.4 Å². The number of carbonyl (C=O) groups excluding carboxylic acids is 2. The SMILES string of the molecule is Cc1cc(C)cc(OCC(=O)NNC(=O)[C@H](C)Oc2ccccc2F)c1. The highest BCUT2D eigenvalue weighted by Gasteiger charge is 2.17. The third-order valence-corrected chi connectivity index (χ3v) is 3.40. The second kappa shape index (κ2) is 8.84. The molecule has 26 heavy (non-hydrogen) atoms. The third kappa shape index (κ3) is 5.77. The van der Waals surface area contributed by atoms with Crippen molar-refractivity contribution in [3.63, 3.8) is 0 Å². The quantitative estimate of drug-likeness (QED) is 0.776. The zero-order valence-corrected chi connectivity index (χ0v) is 14.8. The molecule has 0 saturated heterocycles. The number of aryl methyl sites for hydroxylation is 2. The number of halogens is 1. The van der Waals surface area contributed by atoms with Gasteiger partial charge in [-0.3, -0.25) is 20.4 Å². The van der Waals surface area contributed by atoms with Crippen molar-refractivity contribution in [3.8, 4) is 11.5 Å². The molecule has 0 unspecified atom stereocenters. The number of hydrogen-bond acceptors (Lipinski definition) is 4. The molecule has 2 amide bonds. The van der Waals surface area contributed by atoms with Crippen LogP contribution in [0.15, 0.2) is 42.5 Å². The van der Waals surface area contributed by atoms with Crippen LogP contribution in [0.2, 0.25) is 0 Å². The van der Waals surface area contributed by atoms with Crippen molar-refractivity contribution in [1.29, 1.82) is 0 Å². The standard InChI is InChI=1S/C19H21FN2O4/c1-12-8-13(2)10-15(9-12)25-11-18(23)21-22-19(24)14(3)26-17-7-5-4-6-16(17)20/h4-10,14H,11H2,1-3H3,(H,21,23)(H,22,24)/t14-/m0/s1. The van der Waals surface area contributed by atoms with Gasteiger partial charge in [0.05, 0.1) is 0 Å². The van der Waals surface area contributed by atoms with Gasteiger partial charge in [-0.25, -0.2) is 4.39 Å². The number of carbonyl (C=O) groups is 2. The lowest BCUT2D eigenvalue weighted by molar-refractivity contribution is -0.133. The van der Waals surface area contributed by atoms with E-state index in [-0.39, 0.29) is 12.4 Å². The highest BCUT2D eigenvalue weighted by Crippen LogP contribution is 2.17. The van der Waals surface area contributed by atoms with E-state index in [0.717, 1.165) is 11.1 Å². The van der Waals surface area contributed by atoms with Crippen LogP contribution in [0.3, 0.4) is 0 Å². The van der Waals surface area contributed by atoms with Gasteiger partial charge in [-0.1, -0.05) is 18.2 Å². The maximum absolute atomic E-state index is 13.5. The molecule has 0 aliphatic carbocycles. The van der Waals surface area contributed by atoms with E-state index in [1.54, 1.807) is 6.07 Å². The topological polar surface area (TPSA) is 76.7 Å². The summed E-state index contributed by atoms with van der Waals surface area (Å²) >= 11 is 0. The fourth-order valence-corrected chi connectivity index (χ4v) is 2.22. The number of para-hydroxylation sites is 1. The predicted molar refractivity (Wildman–Crippen MR) is 94.2 cm³/mol. The van der Waals surface area contributed by atoms with E-state index < -0.39 is 23.7 Å². The van der Waals surface area contributed by atoms with E-state index >= 15 is 0 Å². The minimum absolute atomic E-state index is 0.0420. The van der Waals surface area contributed by atoms with E-state index in [0.29, 0.717) is 5.75 Å². The van der Waals surface area contributed by atoms with Crippen LogP contribution in [-0.2, 0) is 9.59 Å². The van der Waals surface area contributed by atoms with E-state index in [1.807, 2.05) is 32.0 Å². The molecule has 1 atom stereocenters. The molecule has 2 aromatic rings. The summed E-state index contributed by atoms with van der Waals surface area (Å²) in [5.74, 6) is -1.19. The Morgan fingerprint density at radius 1 is 1.08 bits per heavy atom. The second-order valence-electron chi connectivity index (χ2n) is 5.84. The van der Waals surface area contributed by atoms with Crippen LogP contribution >= 0.6 is 0 Å². The Morgan fingerprint density at radius 3 is 2.38 bits per heavy atom. The largest absolute Gasteiger partial charge is 0.484 e. The van der Waals surface area contributed by atoms with Gasteiger partial charge >= 0.3 is 0 Å². The summed E-state index contributed by atoms with van der Waals surface area (Å²) in [7, 11) is 0. The number of hydrogen-bond donors (Lipinski definition) is 2. The molecule has 0 aliphatic heterocycles. The molecule has 0 radical (unpaired) electrons. The summed E-state index contributed by atoms with van der Waals surface area (Å²) < 4.78 is 24.1. The van der Waals surface area contributed by atoms with Crippen LogP contribution in [0.1, 0.15) is 18.1 Å². The zero-order chi connectivity index (χ0) is 19.1. The highest BCUT2D eigenvalue weighted by molar-refractivity contribution is 5.85. The smallest absolute Gasteiger partial charge is 0.279 e. The average molecular weight is 360 g/mol. The summed E-state index contributed by atoms with van der Waals surface area (Å²) in [6.45, 7) is 5.04. The fraction of sp³-hybridized carbons (Fsp3) is 0.263. The molecule has 0 heterocycles. The lowest BCUT2D eigenvalue weighted by atomic mass is 10.1. The Balaban J connectivity index is 1.77. The summed E-state index contributed by atoms with van der Waals surface area (Å²) in [4.78, 5) is 23.7. The van der Waals surface area contributed by atoms with Gasteiger partial charge in [-0.05, 0) is 56.2 Å². The first kappa shape index (κ1) is 19.2. The molecule has 7 heteroatoms. The minimum atomic E-state index is -0.993. The number of nitrogens with one attached hydrogen (secondary N) is 2. The summed E-state index contributed by atoms with van der Waals surface area (Å²) in [5.41, 5.74) is 6.48. The van der Waals surface area contributed by atoms with Gasteiger partial charge in [0.15, 0.2) is 24.3 Å². The van der Waals surface area contributed by atoms with Gasteiger partial charge in [0, 0.05) is 0 Å². The lowest BCUT2D eigenvalue weighted by Crippen LogP contribution is -2.48. The van der Waals surface area contributed by atoms with Crippen molar-refractivity contribution in [2.45, 2.75) is 26.9 Å².